The van der Waals surface area contributed by atoms with Crippen molar-refractivity contribution in [1.29, 1.82) is 0 Å². The molecule has 1 heterocycles. The minimum Gasteiger partial charge on any atom is -0.336 e. The molecule has 1 aliphatic rings. The van der Waals surface area contributed by atoms with E-state index in [2.05, 4.69) is 5.16 Å². The van der Waals surface area contributed by atoms with Crippen molar-refractivity contribution in [1.82, 2.24) is 4.90 Å². The molecular formula is C18H17ClN2O3. The lowest BCUT2D eigenvalue weighted by Crippen LogP contribution is -2.38. The maximum absolute atomic E-state index is 12.1. The van der Waals surface area contributed by atoms with Gasteiger partial charge in [0, 0.05) is 13.1 Å². The molecule has 0 N–H and O–H groups in total. The number of piperidine rings is 1. The van der Waals surface area contributed by atoms with Gasteiger partial charge in [0.2, 0.25) is 5.17 Å². The molecule has 0 aliphatic carbocycles. The van der Waals surface area contributed by atoms with Crippen molar-refractivity contribution < 1.29 is 14.4 Å². The van der Waals surface area contributed by atoms with E-state index >= 15 is 0 Å². The van der Waals surface area contributed by atoms with Crippen LogP contribution in [0.15, 0.2) is 47.6 Å². The molecule has 5 nitrogen and oxygen atoms in total. The van der Waals surface area contributed by atoms with E-state index in [9.17, 15) is 9.59 Å². The number of nitrogens with zero attached hydrogens (tertiary/aromatic N) is 2. The Hall–Kier alpha value is -2.40. The van der Waals surface area contributed by atoms with Gasteiger partial charge in [0.15, 0.2) is 0 Å². The van der Waals surface area contributed by atoms with E-state index in [1.807, 2.05) is 30.3 Å². The lowest BCUT2D eigenvalue weighted by Gasteiger charge is -2.25. The van der Waals surface area contributed by atoms with E-state index in [1.165, 1.54) is 0 Å². The van der Waals surface area contributed by atoms with Crippen LogP contribution in [0, 0.1) is 0 Å². The lowest BCUT2D eigenvalue weighted by molar-refractivity contribution is -0.124. The summed E-state index contributed by atoms with van der Waals surface area (Å²) >= 11 is 5.87. The number of amides is 1. The molecule has 0 spiro atoms. The van der Waals surface area contributed by atoms with E-state index in [-0.39, 0.29) is 5.17 Å². The van der Waals surface area contributed by atoms with Crippen molar-refractivity contribution in [3.8, 4) is 0 Å². The fraction of sp³-hybridized carbons (Fsp3) is 0.278. The first kappa shape index (κ1) is 16.5. The number of halogens is 1. The number of benzene rings is 2. The Morgan fingerprint density at radius 2 is 1.71 bits per heavy atom. The van der Waals surface area contributed by atoms with Gasteiger partial charge in [0.25, 0.3) is 5.91 Å². The quantitative estimate of drug-likeness (QED) is 0.486. The van der Waals surface area contributed by atoms with E-state index in [0.717, 1.165) is 30.0 Å². The molecule has 1 saturated heterocycles. The molecule has 1 aliphatic heterocycles. The van der Waals surface area contributed by atoms with Crippen LogP contribution in [0.5, 0.6) is 0 Å². The number of rotatable bonds is 3. The SMILES string of the molecule is O=C(ON=C(Cl)C(=O)N1CCCCC1)c1ccc2ccccc2c1. The van der Waals surface area contributed by atoms with E-state index in [4.69, 9.17) is 16.4 Å². The molecule has 6 heteroatoms. The Balaban J connectivity index is 1.67. The standard InChI is InChI=1S/C18H17ClN2O3/c19-16(17(22)21-10-4-1-5-11-21)20-24-18(23)15-9-8-13-6-2-3-7-14(13)12-15/h2-3,6-9,12H,1,4-5,10-11H2. The van der Waals surface area contributed by atoms with Crippen molar-refractivity contribution in [2.75, 3.05) is 13.1 Å². The zero-order chi connectivity index (χ0) is 16.9. The topological polar surface area (TPSA) is 59.0 Å². The molecule has 1 fully saturated rings. The molecule has 0 atom stereocenters. The number of carbonyl (C=O) groups is 2. The summed E-state index contributed by atoms with van der Waals surface area (Å²) in [4.78, 5) is 30.6. The lowest BCUT2D eigenvalue weighted by atomic mass is 10.1. The maximum Gasteiger partial charge on any atom is 0.365 e. The van der Waals surface area contributed by atoms with Gasteiger partial charge in [-0.3, -0.25) is 4.79 Å². The second-order valence-corrected chi connectivity index (χ2v) is 6.03. The van der Waals surface area contributed by atoms with Crippen molar-refractivity contribution in [3.05, 3.63) is 48.0 Å². The third kappa shape index (κ3) is 3.74. The highest BCUT2D eigenvalue weighted by atomic mass is 35.5. The number of hydrogen-bond acceptors (Lipinski definition) is 4. The monoisotopic (exact) mass is 344 g/mol. The molecular weight excluding hydrogens is 328 g/mol. The summed E-state index contributed by atoms with van der Waals surface area (Å²) in [6, 6.07) is 12.9. The summed E-state index contributed by atoms with van der Waals surface area (Å²) in [5, 5.41) is 5.12. The highest BCUT2D eigenvalue weighted by Gasteiger charge is 2.21. The molecule has 0 aromatic heterocycles. The summed E-state index contributed by atoms with van der Waals surface area (Å²) in [5.41, 5.74) is 0.354. The number of hydrogen-bond donors (Lipinski definition) is 0. The first-order valence-electron chi connectivity index (χ1n) is 7.88. The third-order valence-corrected chi connectivity index (χ3v) is 4.24. The van der Waals surface area contributed by atoms with E-state index in [1.54, 1.807) is 17.0 Å². The molecule has 0 bridgehead atoms. The van der Waals surface area contributed by atoms with Crippen molar-refractivity contribution in [2.24, 2.45) is 5.16 Å². The zero-order valence-electron chi connectivity index (χ0n) is 13.1. The van der Waals surface area contributed by atoms with Crippen LogP contribution in [0.25, 0.3) is 10.8 Å². The Morgan fingerprint density at radius 1 is 1.00 bits per heavy atom. The molecule has 2 aromatic rings. The molecule has 0 radical (unpaired) electrons. The molecule has 124 valence electrons. The number of likely N-dealkylation sites (tertiary alicyclic amines) is 1. The average molecular weight is 345 g/mol. The largest absolute Gasteiger partial charge is 0.365 e. The summed E-state index contributed by atoms with van der Waals surface area (Å²) in [5.74, 6) is -1.05. The van der Waals surface area contributed by atoms with Crippen LogP contribution in [0.4, 0.5) is 0 Å². The van der Waals surface area contributed by atoms with Gasteiger partial charge in [0.1, 0.15) is 0 Å². The van der Waals surface area contributed by atoms with Crippen LogP contribution in [0.3, 0.4) is 0 Å². The summed E-state index contributed by atoms with van der Waals surface area (Å²) < 4.78 is 0. The van der Waals surface area contributed by atoms with Gasteiger partial charge in [-0.1, -0.05) is 47.1 Å². The van der Waals surface area contributed by atoms with Gasteiger partial charge in [-0.25, -0.2) is 4.79 Å². The smallest absolute Gasteiger partial charge is 0.336 e. The Bertz CT molecular complexity index is 798. The Kier molecular flexibility index (Phi) is 5.11. The normalized spacial score (nSPS) is 15.4. The average Bonchev–Trinajstić information content (AvgIpc) is 2.65. The van der Waals surface area contributed by atoms with Crippen LogP contribution < -0.4 is 0 Å². The predicted octanol–water partition coefficient (Wildman–Crippen LogP) is 3.56. The van der Waals surface area contributed by atoms with Gasteiger partial charge >= 0.3 is 5.97 Å². The second kappa shape index (κ2) is 7.45. The van der Waals surface area contributed by atoms with Crippen LogP contribution in [0.1, 0.15) is 29.6 Å². The minimum absolute atomic E-state index is 0.328. The predicted molar refractivity (Wildman–Crippen MR) is 93.1 cm³/mol. The first-order chi connectivity index (χ1) is 11.6. The van der Waals surface area contributed by atoms with Gasteiger partial charge in [0.05, 0.1) is 5.56 Å². The minimum atomic E-state index is -0.648. The fourth-order valence-electron chi connectivity index (χ4n) is 2.72. The third-order valence-electron chi connectivity index (χ3n) is 4.01. The van der Waals surface area contributed by atoms with Gasteiger partial charge in [-0.15, -0.1) is 0 Å². The second-order valence-electron chi connectivity index (χ2n) is 5.68. The maximum atomic E-state index is 12.1. The Labute approximate surface area is 144 Å². The molecule has 0 saturated carbocycles. The van der Waals surface area contributed by atoms with Crippen LogP contribution in [-0.4, -0.2) is 35.0 Å². The van der Waals surface area contributed by atoms with Gasteiger partial charge < -0.3 is 9.74 Å². The van der Waals surface area contributed by atoms with Crippen LogP contribution in [0.2, 0.25) is 0 Å². The van der Waals surface area contributed by atoms with Crippen LogP contribution >= 0.6 is 11.6 Å². The Morgan fingerprint density at radius 3 is 2.46 bits per heavy atom. The van der Waals surface area contributed by atoms with E-state index < -0.39 is 11.9 Å². The molecule has 24 heavy (non-hydrogen) atoms. The first-order valence-corrected chi connectivity index (χ1v) is 8.26. The number of carbonyl (C=O) groups excluding carboxylic acids is 2. The summed E-state index contributed by atoms with van der Waals surface area (Å²) in [7, 11) is 0. The number of fused-ring (bicyclic) bond motifs is 1. The molecule has 3 rings (SSSR count). The molecule has 0 unspecified atom stereocenters. The zero-order valence-corrected chi connectivity index (χ0v) is 13.8. The highest BCUT2D eigenvalue weighted by molar-refractivity contribution is 6.82. The number of oxime groups is 1. The molecule has 1 amide bonds. The van der Waals surface area contributed by atoms with Crippen LogP contribution in [-0.2, 0) is 9.63 Å². The van der Waals surface area contributed by atoms with Crippen molar-refractivity contribution in [3.63, 3.8) is 0 Å². The van der Waals surface area contributed by atoms with Crippen molar-refractivity contribution in [2.45, 2.75) is 19.3 Å². The van der Waals surface area contributed by atoms with Gasteiger partial charge in [-0.05, 0) is 42.2 Å². The van der Waals surface area contributed by atoms with E-state index in [0.29, 0.717) is 18.7 Å². The van der Waals surface area contributed by atoms with Crippen molar-refractivity contribution >= 4 is 39.4 Å². The highest BCUT2D eigenvalue weighted by Crippen LogP contribution is 2.16. The summed E-state index contributed by atoms with van der Waals surface area (Å²) in [6.07, 6.45) is 3.01. The summed E-state index contributed by atoms with van der Waals surface area (Å²) in [6.45, 7) is 1.31. The fourth-order valence-corrected chi connectivity index (χ4v) is 2.87. The van der Waals surface area contributed by atoms with Gasteiger partial charge in [-0.2, -0.15) is 0 Å². The molecule has 2 aromatic carbocycles.